The van der Waals surface area contributed by atoms with Crippen LogP contribution in [0, 0.1) is 11.8 Å². The van der Waals surface area contributed by atoms with Crippen LogP contribution in [0.3, 0.4) is 0 Å². The highest BCUT2D eigenvalue weighted by molar-refractivity contribution is 5.78. The van der Waals surface area contributed by atoms with Gasteiger partial charge in [0.2, 0.25) is 0 Å². The summed E-state index contributed by atoms with van der Waals surface area (Å²) >= 11 is 0. The van der Waals surface area contributed by atoms with Crippen LogP contribution in [0.5, 0.6) is 0 Å². The minimum absolute atomic E-state index is 0.612. The normalized spacial score (nSPS) is 33.5. The third-order valence-electron chi connectivity index (χ3n) is 3.13. The van der Waals surface area contributed by atoms with Crippen molar-refractivity contribution in [1.82, 2.24) is 0 Å². The van der Waals surface area contributed by atoms with Crippen LogP contribution in [-0.2, 0) is 0 Å². The summed E-state index contributed by atoms with van der Waals surface area (Å²) in [5.41, 5.74) is 8.52. The fraction of sp³-hybridized carbons (Fsp3) is 0.909. The lowest BCUT2D eigenvalue weighted by atomic mass is 9.92. The highest BCUT2D eigenvalue weighted by atomic mass is 15.2. The van der Waals surface area contributed by atoms with Crippen LogP contribution >= 0.6 is 0 Å². The summed E-state index contributed by atoms with van der Waals surface area (Å²) in [5, 5.41) is 3.81. The number of hydrogen-bond donors (Lipinski definition) is 0. The van der Waals surface area contributed by atoms with Crippen LogP contribution in [0.4, 0.5) is 0 Å². The maximum Gasteiger partial charge on any atom is 0.159 e. The van der Waals surface area contributed by atoms with Gasteiger partial charge in [-0.25, -0.2) is 0 Å². The molecule has 84 valence electrons. The fourth-order valence-corrected chi connectivity index (χ4v) is 2.33. The van der Waals surface area contributed by atoms with E-state index < -0.39 is 0 Å². The Morgan fingerprint density at radius 2 is 2.13 bits per heavy atom. The van der Waals surface area contributed by atoms with E-state index in [9.17, 15) is 0 Å². The van der Waals surface area contributed by atoms with Crippen molar-refractivity contribution in [3.63, 3.8) is 0 Å². The second kappa shape index (κ2) is 5.76. The average Bonchev–Trinajstić information content (AvgIpc) is 2.20. The second-order valence-corrected chi connectivity index (χ2v) is 4.82. The summed E-state index contributed by atoms with van der Waals surface area (Å²) in [6.45, 7) is 5.56. The van der Waals surface area contributed by atoms with Gasteiger partial charge in [0.1, 0.15) is 0 Å². The molecule has 0 saturated heterocycles. The first kappa shape index (κ1) is 12.1. The van der Waals surface area contributed by atoms with Crippen molar-refractivity contribution in [1.29, 1.82) is 0 Å². The maximum atomic E-state index is 8.52. The Morgan fingerprint density at radius 3 is 2.80 bits per heavy atom. The molecule has 1 aliphatic heterocycles. The smallest absolute Gasteiger partial charge is 0.159 e. The van der Waals surface area contributed by atoms with Crippen LogP contribution in [-0.4, -0.2) is 24.0 Å². The molecule has 4 nitrogen and oxygen atoms in total. The average molecular weight is 209 g/mol. The van der Waals surface area contributed by atoms with E-state index in [2.05, 4.69) is 28.4 Å². The molecule has 0 aromatic heterocycles. The monoisotopic (exact) mass is 209 g/mol. The number of hydrogen-bond acceptors (Lipinski definition) is 1. The molecule has 4 heteroatoms. The lowest BCUT2D eigenvalue weighted by Crippen LogP contribution is -2.17. The number of amidine groups is 1. The molecule has 2 atom stereocenters. The molecular formula is C11H21N4+. The first-order valence-electron chi connectivity index (χ1n) is 5.75. The van der Waals surface area contributed by atoms with Gasteiger partial charge in [-0.2, -0.15) is 0 Å². The Bertz CT molecular complexity index is 289. The Hall–Kier alpha value is -1.02. The quantitative estimate of drug-likeness (QED) is 0.255. The molecule has 1 aliphatic rings. The first-order valence-corrected chi connectivity index (χ1v) is 5.75. The minimum Gasteiger partial charge on any atom is -0.299 e. The van der Waals surface area contributed by atoms with Crippen molar-refractivity contribution >= 4 is 5.84 Å². The highest BCUT2D eigenvalue weighted by Crippen LogP contribution is 2.21. The Kier molecular flexibility index (Phi) is 4.63. The van der Waals surface area contributed by atoms with Gasteiger partial charge >= 0.3 is 0 Å². The Labute approximate surface area is 91.6 Å². The molecule has 0 radical (unpaired) electrons. The third kappa shape index (κ3) is 3.92. The molecule has 0 fully saturated rings. The van der Waals surface area contributed by atoms with E-state index in [-0.39, 0.29) is 0 Å². The van der Waals surface area contributed by atoms with Crippen molar-refractivity contribution in [2.45, 2.75) is 39.5 Å². The van der Waals surface area contributed by atoms with Gasteiger partial charge in [-0.1, -0.05) is 13.8 Å². The maximum absolute atomic E-state index is 8.52. The zero-order valence-corrected chi connectivity index (χ0v) is 9.98. The number of rotatable bonds is 0. The van der Waals surface area contributed by atoms with Crippen LogP contribution < -0.4 is 0 Å². The lowest BCUT2D eigenvalue weighted by Gasteiger charge is -2.14. The number of nitrogens with zero attached hydrogens (tertiary/aromatic N) is 4. The van der Waals surface area contributed by atoms with Crippen molar-refractivity contribution in [3.8, 4) is 0 Å². The van der Waals surface area contributed by atoms with Crippen LogP contribution in [0.25, 0.3) is 10.4 Å². The zero-order chi connectivity index (χ0) is 11.3. The van der Waals surface area contributed by atoms with E-state index in [1.807, 2.05) is 7.05 Å². The highest BCUT2D eigenvalue weighted by Gasteiger charge is 2.16. The summed E-state index contributed by atoms with van der Waals surface area (Å²) in [6.07, 6.45) is 4.61. The predicted molar refractivity (Wildman–Crippen MR) is 62.0 cm³/mol. The van der Waals surface area contributed by atoms with Crippen LogP contribution in [0.1, 0.15) is 39.5 Å². The van der Waals surface area contributed by atoms with Gasteiger partial charge < -0.3 is 0 Å². The van der Waals surface area contributed by atoms with Gasteiger partial charge in [0.15, 0.2) is 5.84 Å². The van der Waals surface area contributed by atoms with Crippen molar-refractivity contribution in [2.24, 2.45) is 17.0 Å². The van der Waals surface area contributed by atoms with Gasteiger partial charge in [-0.05, 0) is 41.7 Å². The summed E-state index contributed by atoms with van der Waals surface area (Å²) < 4.78 is 2.11. The molecule has 15 heavy (non-hydrogen) atoms. The standard InChI is InChI=1S/C11H21N4/c1-9-5-4-6-15(3)11(13-14-12)8-10(2)7-9/h9-10H,4-8H2,1-3H3/q+1/b15-11+/t9?,10-/m0/s1. The van der Waals surface area contributed by atoms with Gasteiger partial charge in [-0.15, -0.1) is 0 Å². The van der Waals surface area contributed by atoms with Gasteiger partial charge in [0, 0.05) is 11.3 Å². The molecule has 0 saturated carbocycles. The molecule has 0 bridgehead atoms. The van der Waals surface area contributed by atoms with Crippen LogP contribution in [0.15, 0.2) is 5.11 Å². The minimum atomic E-state index is 0.612. The number of azide groups is 1. The van der Waals surface area contributed by atoms with Gasteiger partial charge in [0.05, 0.1) is 13.6 Å². The summed E-state index contributed by atoms with van der Waals surface area (Å²) in [6, 6.07) is 0. The second-order valence-electron chi connectivity index (χ2n) is 4.82. The SMILES string of the molecule is CC1CCC/[N+](C)=C(/N=[N+]=[N-])C[C@@H](C)C1. The van der Waals surface area contributed by atoms with E-state index in [0.29, 0.717) is 5.92 Å². The van der Waals surface area contributed by atoms with Crippen molar-refractivity contribution in [3.05, 3.63) is 10.4 Å². The van der Waals surface area contributed by atoms with E-state index >= 15 is 0 Å². The summed E-state index contributed by atoms with van der Waals surface area (Å²) in [5.74, 6) is 2.30. The zero-order valence-electron chi connectivity index (χ0n) is 9.98. The van der Waals surface area contributed by atoms with E-state index in [1.54, 1.807) is 0 Å². The van der Waals surface area contributed by atoms with E-state index in [4.69, 9.17) is 5.53 Å². The molecule has 1 unspecified atom stereocenters. The molecule has 0 amide bonds. The molecule has 0 aromatic carbocycles. The largest absolute Gasteiger partial charge is 0.299 e. The molecular weight excluding hydrogens is 188 g/mol. The molecule has 0 aliphatic carbocycles. The molecule has 0 N–H and O–H groups in total. The summed E-state index contributed by atoms with van der Waals surface area (Å²) in [4.78, 5) is 2.91. The molecule has 1 heterocycles. The van der Waals surface area contributed by atoms with Crippen molar-refractivity contribution < 1.29 is 4.58 Å². The van der Waals surface area contributed by atoms with E-state index in [0.717, 1.165) is 24.7 Å². The van der Waals surface area contributed by atoms with E-state index in [1.165, 1.54) is 19.3 Å². The van der Waals surface area contributed by atoms with Crippen LogP contribution in [0.2, 0.25) is 0 Å². The Balaban J connectivity index is 2.81. The lowest BCUT2D eigenvalue weighted by molar-refractivity contribution is -0.500. The van der Waals surface area contributed by atoms with Gasteiger partial charge in [0.25, 0.3) is 0 Å². The molecule has 0 aromatic rings. The fourth-order valence-electron chi connectivity index (χ4n) is 2.33. The summed E-state index contributed by atoms with van der Waals surface area (Å²) in [7, 11) is 2.02. The molecule has 1 rings (SSSR count). The topological polar surface area (TPSA) is 51.8 Å². The van der Waals surface area contributed by atoms with Gasteiger partial charge in [-0.3, -0.25) is 4.58 Å². The Morgan fingerprint density at radius 1 is 1.40 bits per heavy atom. The third-order valence-corrected chi connectivity index (χ3v) is 3.13. The molecule has 0 spiro atoms. The predicted octanol–water partition coefficient (Wildman–Crippen LogP) is 3.18. The first-order chi connectivity index (χ1) is 7.13. The van der Waals surface area contributed by atoms with Crippen molar-refractivity contribution in [2.75, 3.05) is 13.6 Å².